The van der Waals surface area contributed by atoms with Gasteiger partial charge in [-0.05, 0) is 54.3 Å². The molecule has 31 heavy (non-hydrogen) atoms. The second-order valence-corrected chi connectivity index (χ2v) is 11.0. The maximum atomic E-state index is 13.0. The van der Waals surface area contributed by atoms with E-state index in [0.717, 1.165) is 27.8 Å². The van der Waals surface area contributed by atoms with Crippen LogP contribution in [-0.4, -0.2) is 55.1 Å². The predicted molar refractivity (Wildman–Crippen MR) is 127 cm³/mol. The lowest BCUT2D eigenvalue weighted by atomic mass is 10.00. The summed E-state index contributed by atoms with van der Waals surface area (Å²) in [4.78, 5) is 10.3. The number of rotatable bonds is 5. The van der Waals surface area contributed by atoms with Gasteiger partial charge in [0.2, 0.25) is 10.0 Å². The van der Waals surface area contributed by atoms with Crippen LogP contribution in [0, 0.1) is 0 Å². The monoisotopic (exact) mass is 477 g/mol. The molecule has 1 saturated heterocycles. The number of nitrogens with zero attached hydrogens (tertiary/aromatic N) is 3. The summed E-state index contributed by atoms with van der Waals surface area (Å²) in [6.07, 6.45) is 1.10. The minimum atomic E-state index is -3.56. The van der Waals surface area contributed by atoms with E-state index in [1.165, 1.54) is 4.31 Å². The summed E-state index contributed by atoms with van der Waals surface area (Å²) in [5, 5.41) is 1.43. The molecule has 164 valence electrons. The van der Waals surface area contributed by atoms with Gasteiger partial charge in [0.15, 0.2) is 5.66 Å². The first-order valence-electron chi connectivity index (χ1n) is 10.1. The molecule has 0 radical (unpaired) electrons. The molecule has 0 N–H and O–H groups in total. The molecule has 2 heterocycles. The van der Waals surface area contributed by atoms with E-state index >= 15 is 0 Å². The maximum Gasteiger partial charge on any atom is 0.243 e. The van der Waals surface area contributed by atoms with Crippen LogP contribution in [0.4, 0.5) is 0 Å². The van der Waals surface area contributed by atoms with Crippen molar-refractivity contribution in [3.05, 3.63) is 59.1 Å². The normalized spacial score (nSPS) is 18.7. The minimum Gasteiger partial charge on any atom is -0.497 e. The van der Waals surface area contributed by atoms with E-state index < -0.39 is 15.7 Å². The third-order valence-electron chi connectivity index (χ3n) is 5.45. The molecular formula is C22H24ClN3O3S2. The van der Waals surface area contributed by atoms with Crippen molar-refractivity contribution in [3.63, 3.8) is 0 Å². The molecule has 0 atom stereocenters. The van der Waals surface area contributed by atoms with Crippen LogP contribution in [0.15, 0.2) is 63.4 Å². The highest BCUT2D eigenvalue weighted by Gasteiger charge is 2.42. The Bertz CT molecular complexity index is 1110. The van der Waals surface area contributed by atoms with E-state index in [9.17, 15) is 8.42 Å². The Labute approximate surface area is 192 Å². The SMILES string of the molecule is CCSC1=NC2(CCN(S(=O)(=O)c3ccc(Cl)cc3)CC2)N=C1c1ccc(OC)cc1. The number of piperidine rings is 1. The number of thioether (sulfide) groups is 1. The molecule has 1 fully saturated rings. The lowest BCUT2D eigenvalue weighted by Gasteiger charge is -2.34. The van der Waals surface area contributed by atoms with Crippen LogP contribution in [-0.2, 0) is 10.0 Å². The molecule has 0 unspecified atom stereocenters. The van der Waals surface area contributed by atoms with Gasteiger partial charge in [-0.2, -0.15) is 4.31 Å². The zero-order chi connectivity index (χ0) is 22.1. The Kier molecular flexibility index (Phi) is 6.44. The van der Waals surface area contributed by atoms with Crippen molar-refractivity contribution in [3.8, 4) is 5.75 Å². The van der Waals surface area contributed by atoms with Crippen molar-refractivity contribution in [2.75, 3.05) is 26.0 Å². The van der Waals surface area contributed by atoms with Crippen molar-refractivity contribution < 1.29 is 13.2 Å². The summed E-state index contributed by atoms with van der Waals surface area (Å²) < 4.78 is 32.8. The Morgan fingerprint density at radius 3 is 2.29 bits per heavy atom. The highest BCUT2D eigenvalue weighted by atomic mass is 35.5. The lowest BCUT2D eigenvalue weighted by Crippen LogP contribution is -2.44. The standard InChI is InChI=1S/C22H24ClN3O3S2/c1-3-30-21-20(16-4-8-18(29-2)9-5-16)24-22(25-21)12-14-26(15-13-22)31(27,28)19-10-6-17(23)7-11-19/h4-11H,3,12-15H2,1-2H3. The molecule has 6 nitrogen and oxygen atoms in total. The quantitative estimate of drug-likeness (QED) is 0.636. The molecule has 9 heteroatoms. The van der Waals surface area contributed by atoms with Gasteiger partial charge in [0.05, 0.1) is 17.7 Å². The minimum absolute atomic E-state index is 0.257. The van der Waals surface area contributed by atoms with Crippen LogP contribution in [0.1, 0.15) is 25.3 Å². The number of methoxy groups -OCH3 is 1. The van der Waals surface area contributed by atoms with Crippen LogP contribution in [0.3, 0.4) is 0 Å². The number of hydrogen-bond donors (Lipinski definition) is 0. The van der Waals surface area contributed by atoms with Crippen molar-refractivity contribution in [2.24, 2.45) is 9.98 Å². The smallest absolute Gasteiger partial charge is 0.243 e. The van der Waals surface area contributed by atoms with Crippen molar-refractivity contribution >= 4 is 44.1 Å². The van der Waals surface area contributed by atoms with Gasteiger partial charge in [-0.3, -0.25) is 4.99 Å². The Balaban J connectivity index is 1.56. The molecule has 0 aromatic heterocycles. The first-order valence-corrected chi connectivity index (χ1v) is 12.9. The van der Waals surface area contributed by atoms with Crippen LogP contribution in [0.5, 0.6) is 5.75 Å². The van der Waals surface area contributed by atoms with Gasteiger partial charge < -0.3 is 4.74 Å². The summed E-state index contributed by atoms with van der Waals surface area (Å²) in [6, 6.07) is 14.1. The Morgan fingerprint density at radius 2 is 1.71 bits per heavy atom. The van der Waals surface area contributed by atoms with Crippen molar-refractivity contribution in [1.29, 1.82) is 0 Å². The molecule has 2 aliphatic rings. The fourth-order valence-corrected chi connectivity index (χ4v) is 6.14. The first kappa shape index (κ1) is 22.3. The average molecular weight is 478 g/mol. The third-order valence-corrected chi connectivity index (χ3v) is 8.46. The van der Waals surface area contributed by atoms with E-state index in [1.807, 2.05) is 24.3 Å². The van der Waals surface area contributed by atoms with Crippen LogP contribution in [0.25, 0.3) is 0 Å². The average Bonchev–Trinajstić information content (AvgIpc) is 3.12. The fourth-order valence-electron chi connectivity index (χ4n) is 3.76. The first-order chi connectivity index (χ1) is 14.9. The summed E-state index contributed by atoms with van der Waals surface area (Å²) >= 11 is 7.57. The second-order valence-electron chi connectivity index (χ2n) is 7.38. The molecule has 4 rings (SSSR count). The number of benzene rings is 2. The summed E-state index contributed by atoms with van der Waals surface area (Å²) in [7, 11) is -1.92. The van der Waals surface area contributed by atoms with Crippen LogP contribution < -0.4 is 4.74 Å². The molecule has 2 aromatic rings. The lowest BCUT2D eigenvalue weighted by molar-refractivity contribution is 0.249. The largest absolute Gasteiger partial charge is 0.497 e. The number of aliphatic imine (C=N–C) groups is 2. The summed E-state index contributed by atoms with van der Waals surface area (Å²) in [5.41, 5.74) is 1.27. The van der Waals surface area contributed by atoms with Gasteiger partial charge in [0.25, 0.3) is 0 Å². The van der Waals surface area contributed by atoms with E-state index in [1.54, 1.807) is 43.1 Å². The molecule has 1 spiro atoms. The van der Waals surface area contributed by atoms with Crippen LogP contribution >= 0.6 is 23.4 Å². The predicted octanol–water partition coefficient (Wildman–Crippen LogP) is 4.48. The van der Waals surface area contributed by atoms with Gasteiger partial charge in [-0.25, -0.2) is 13.4 Å². The maximum absolute atomic E-state index is 13.0. The second kappa shape index (κ2) is 8.94. The third kappa shape index (κ3) is 4.53. The highest BCUT2D eigenvalue weighted by molar-refractivity contribution is 8.15. The zero-order valence-corrected chi connectivity index (χ0v) is 19.8. The molecule has 2 aliphatic heterocycles. The molecule has 0 saturated carbocycles. The van der Waals surface area contributed by atoms with Crippen molar-refractivity contribution in [1.82, 2.24) is 4.31 Å². The Hall–Kier alpha value is -1.87. The van der Waals surface area contributed by atoms with Gasteiger partial charge in [-0.1, -0.05) is 18.5 Å². The van der Waals surface area contributed by atoms with Gasteiger partial charge >= 0.3 is 0 Å². The highest BCUT2D eigenvalue weighted by Crippen LogP contribution is 2.37. The summed E-state index contributed by atoms with van der Waals surface area (Å²) in [5.74, 6) is 1.68. The van der Waals surface area contributed by atoms with Crippen LogP contribution in [0.2, 0.25) is 5.02 Å². The van der Waals surface area contributed by atoms with E-state index in [2.05, 4.69) is 6.92 Å². The van der Waals surface area contributed by atoms with Gasteiger partial charge in [0, 0.05) is 36.5 Å². The zero-order valence-electron chi connectivity index (χ0n) is 17.4. The van der Waals surface area contributed by atoms with Crippen molar-refractivity contribution in [2.45, 2.75) is 30.3 Å². The van der Waals surface area contributed by atoms with Gasteiger partial charge in [0.1, 0.15) is 10.8 Å². The molecule has 0 bridgehead atoms. The van der Waals surface area contributed by atoms with E-state index in [0.29, 0.717) is 31.0 Å². The molecule has 2 aromatic carbocycles. The Morgan fingerprint density at radius 1 is 1.06 bits per heavy atom. The number of halogens is 1. The summed E-state index contributed by atoms with van der Waals surface area (Å²) in [6.45, 7) is 2.83. The number of ether oxygens (including phenoxy) is 1. The number of sulfonamides is 1. The number of hydrogen-bond acceptors (Lipinski definition) is 6. The molecule has 0 aliphatic carbocycles. The van der Waals surface area contributed by atoms with E-state index in [4.69, 9.17) is 26.3 Å². The van der Waals surface area contributed by atoms with E-state index in [-0.39, 0.29) is 4.90 Å². The topological polar surface area (TPSA) is 71.3 Å². The fraction of sp³-hybridized carbons (Fsp3) is 0.364. The molecule has 0 amide bonds. The molecular weight excluding hydrogens is 454 g/mol. The van der Waals surface area contributed by atoms with Gasteiger partial charge in [-0.15, -0.1) is 11.8 Å².